The quantitative estimate of drug-likeness (QED) is 0.233. The van der Waals surface area contributed by atoms with Gasteiger partial charge in [-0.2, -0.15) is 0 Å². The maximum atomic E-state index is 11.3. The summed E-state index contributed by atoms with van der Waals surface area (Å²) < 4.78 is 0. The van der Waals surface area contributed by atoms with E-state index in [2.05, 4.69) is 16.9 Å². The highest BCUT2D eigenvalue weighted by atomic mass is 16.4. The Bertz CT molecular complexity index is 485. The highest BCUT2D eigenvalue weighted by molar-refractivity contribution is 5.93. The summed E-state index contributed by atoms with van der Waals surface area (Å²) in [6.45, 7) is 3.26. The summed E-state index contributed by atoms with van der Waals surface area (Å²) in [4.78, 5) is 46.7. The van der Waals surface area contributed by atoms with Crippen molar-refractivity contribution in [2.24, 2.45) is 10.9 Å². The van der Waals surface area contributed by atoms with Crippen LogP contribution in [0.4, 0.5) is 0 Å². The number of carbonyl (C=O) groups excluding carboxylic acids is 1. The predicted molar refractivity (Wildman–Crippen MR) is 75.8 cm³/mol. The normalized spacial score (nSPS) is 11.8. The number of carbonyl (C=O) groups is 4. The van der Waals surface area contributed by atoms with E-state index in [1.165, 1.54) is 6.21 Å². The molecule has 0 aromatic carbocycles. The molecule has 0 aromatic heterocycles. The van der Waals surface area contributed by atoms with Crippen LogP contribution in [-0.4, -0.2) is 58.4 Å². The number of aliphatic carboxylic acids is 3. The molecule has 1 atom stereocenters. The molecule has 1 amide bonds. The van der Waals surface area contributed by atoms with Crippen molar-refractivity contribution < 1.29 is 34.5 Å². The van der Waals surface area contributed by atoms with Crippen LogP contribution in [0.2, 0.25) is 0 Å². The summed E-state index contributed by atoms with van der Waals surface area (Å²) in [5.41, 5.74) is -0.218. The molecule has 0 fully saturated rings. The molecular weight excluding hydrogens is 296 g/mol. The van der Waals surface area contributed by atoms with Crippen LogP contribution in [0.25, 0.3) is 0 Å². The van der Waals surface area contributed by atoms with Crippen LogP contribution < -0.4 is 5.32 Å². The van der Waals surface area contributed by atoms with Crippen LogP contribution in [0.5, 0.6) is 0 Å². The topological polar surface area (TPSA) is 153 Å². The molecule has 122 valence electrons. The average Bonchev–Trinajstić information content (AvgIpc) is 2.40. The van der Waals surface area contributed by atoms with Crippen LogP contribution >= 0.6 is 0 Å². The maximum absolute atomic E-state index is 11.3. The molecule has 0 bridgehead atoms. The van der Waals surface area contributed by atoms with Crippen LogP contribution in [0.3, 0.4) is 0 Å². The third kappa shape index (κ3) is 9.23. The molecule has 0 aliphatic rings. The first-order chi connectivity index (χ1) is 10.2. The zero-order valence-corrected chi connectivity index (χ0v) is 11.8. The minimum Gasteiger partial charge on any atom is -0.481 e. The van der Waals surface area contributed by atoms with Gasteiger partial charge in [-0.25, -0.2) is 4.79 Å². The number of carboxylic acids is 3. The van der Waals surface area contributed by atoms with Crippen molar-refractivity contribution in [3.05, 3.63) is 12.2 Å². The molecule has 0 saturated carbocycles. The fourth-order valence-corrected chi connectivity index (χ4v) is 1.34. The Morgan fingerprint density at radius 3 is 2.32 bits per heavy atom. The molecule has 9 heteroatoms. The summed E-state index contributed by atoms with van der Waals surface area (Å²) >= 11 is 0. The zero-order valence-electron chi connectivity index (χ0n) is 11.8. The summed E-state index contributed by atoms with van der Waals surface area (Å²) in [5, 5.41) is 28.3. The van der Waals surface area contributed by atoms with Gasteiger partial charge >= 0.3 is 17.9 Å². The van der Waals surface area contributed by atoms with Crippen LogP contribution in [0.1, 0.15) is 19.3 Å². The Hall–Kier alpha value is -2.71. The highest BCUT2D eigenvalue weighted by Crippen LogP contribution is 2.04. The number of hydrogen-bond donors (Lipinski definition) is 4. The lowest BCUT2D eigenvalue weighted by Gasteiger charge is -2.06. The van der Waals surface area contributed by atoms with Gasteiger partial charge in [0.1, 0.15) is 0 Å². The average molecular weight is 314 g/mol. The molecule has 22 heavy (non-hydrogen) atoms. The van der Waals surface area contributed by atoms with Gasteiger partial charge in [0, 0.05) is 18.3 Å². The van der Waals surface area contributed by atoms with Gasteiger partial charge in [0.25, 0.3) is 0 Å². The van der Waals surface area contributed by atoms with Crippen molar-refractivity contribution in [2.75, 3.05) is 13.1 Å². The lowest BCUT2D eigenvalue weighted by Crippen LogP contribution is -2.25. The second-order valence-corrected chi connectivity index (χ2v) is 4.40. The van der Waals surface area contributed by atoms with Crippen LogP contribution in [0.15, 0.2) is 17.1 Å². The van der Waals surface area contributed by atoms with E-state index < -0.39 is 36.2 Å². The van der Waals surface area contributed by atoms with E-state index in [0.717, 1.165) is 0 Å². The molecule has 0 spiro atoms. The van der Waals surface area contributed by atoms with Crippen molar-refractivity contribution in [3.8, 4) is 0 Å². The second-order valence-electron chi connectivity index (χ2n) is 4.40. The summed E-state index contributed by atoms with van der Waals surface area (Å²) in [7, 11) is 0. The minimum absolute atomic E-state index is 0.161. The van der Waals surface area contributed by atoms with E-state index in [-0.39, 0.29) is 25.1 Å². The van der Waals surface area contributed by atoms with Gasteiger partial charge in [0.05, 0.1) is 25.3 Å². The smallest absolute Gasteiger partial charge is 0.331 e. The molecule has 0 aliphatic heterocycles. The standard InChI is InChI=1S/C13H18N2O7/c1-8(12(19)20)5-10(16)15-4-2-3-14-7-9(13(21)22)6-11(17)18/h3,9H,1-2,4-7H2,(H,15,16)(H,17,18)(H,19,20)(H,21,22). The van der Waals surface area contributed by atoms with E-state index >= 15 is 0 Å². The number of rotatable bonds is 11. The molecule has 1 unspecified atom stereocenters. The van der Waals surface area contributed by atoms with Gasteiger partial charge in [0.2, 0.25) is 5.91 Å². The van der Waals surface area contributed by atoms with Crippen molar-refractivity contribution in [1.29, 1.82) is 0 Å². The zero-order chi connectivity index (χ0) is 17.1. The molecule has 0 aromatic rings. The van der Waals surface area contributed by atoms with E-state index in [9.17, 15) is 19.2 Å². The van der Waals surface area contributed by atoms with E-state index in [0.29, 0.717) is 6.42 Å². The predicted octanol–water partition coefficient (Wildman–Crippen LogP) is -0.230. The fraction of sp³-hybridized carbons (Fsp3) is 0.462. The molecule has 0 aliphatic carbocycles. The summed E-state index contributed by atoms with van der Waals surface area (Å²) in [6.07, 6.45) is 0.863. The summed E-state index contributed by atoms with van der Waals surface area (Å²) in [6, 6.07) is 0. The molecule has 0 rings (SSSR count). The van der Waals surface area contributed by atoms with Gasteiger partial charge in [-0.3, -0.25) is 19.4 Å². The Morgan fingerprint density at radius 2 is 1.82 bits per heavy atom. The molecule has 0 radical (unpaired) electrons. The number of aliphatic imine (C=N–C) groups is 1. The Kier molecular flexibility index (Phi) is 8.84. The molecule has 0 heterocycles. The highest BCUT2D eigenvalue weighted by Gasteiger charge is 2.19. The third-order valence-electron chi connectivity index (χ3n) is 2.50. The molecule has 9 nitrogen and oxygen atoms in total. The number of carboxylic acid groups (broad SMARTS) is 3. The minimum atomic E-state index is -1.24. The number of nitrogens with zero attached hydrogens (tertiary/aromatic N) is 1. The molecule has 4 N–H and O–H groups in total. The monoisotopic (exact) mass is 314 g/mol. The fourth-order valence-electron chi connectivity index (χ4n) is 1.34. The van der Waals surface area contributed by atoms with E-state index in [1.807, 2.05) is 0 Å². The van der Waals surface area contributed by atoms with Crippen LogP contribution in [0, 0.1) is 5.92 Å². The Morgan fingerprint density at radius 1 is 1.18 bits per heavy atom. The molecule has 0 saturated heterocycles. The number of amides is 1. The largest absolute Gasteiger partial charge is 0.481 e. The Labute approximate surface area is 126 Å². The first-order valence-electron chi connectivity index (χ1n) is 6.34. The lowest BCUT2D eigenvalue weighted by atomic mass is 10.1. The summed E-state index contributed by atoms with van der Waals surface area (Å²) in [5.74, 6) is -5.28. The van der Waals surface area contributed by atoms with Crippen molar-refractivity contribution in [3.63, 3.8) is 0 Å². The van der Waals surface area contributed by atoms with Gasteiger partial charge in [-0.05, 0) is 6.42 Å². The van der Waals surface area contributed by atoms with Crippen molar-refractivity contribution >= 4 is 30.0 Å². The van der Waals surface area contributed by atoms with Gasteiger partial charge in [-0.1, -0.05) is 6.58 Å². The Balaban J connectivity index is 3.97. The third-order valence-corrected chi connectivity index (χ3v) is 2.50. The van der Waals surface area contributed by atoms with E-state index in [1.54, 1.807) is 0 Å². The molecular formula is C13H18N2O7. The first kappa shape index (κ1) is 19.3. The van der Waals surface area contributed by atoms with E-state index in [4.69, 9.17) is 15.3 Å². The number of hydrogen-bond acceptors (Lipinski definition) is 5. The second kappa shape index (κ2) is 10.1. The van der Waals surface area contributed by atoms with Gasteiger partial charge in [0.15, 0.2) is 0 Å². The SMILES string of the molecule is C=C(CC(=O)NCCC=NCC(CC(=O)O)C(=O)O)C(=O)O. The number of nitrogens with one attached hydrogen (secondary N) is 1. The van der Waals surface area contributed by atoms with Crippen LogP contribution in [-0.2, 0) is 19.2 Å². The first-order valence-corrected chi connectivity index (χ1v) is 6.34. The maximum Gasteiger partial charge on any atom is 0.331 e. The van der Waals surface area contributed by atoms with Crippen molar-refractivity contribution in [2.45, 2.75) is 19.3 Å². The van der Waals surface area contributed by atoms with Gasteiger partial charge < -0.3 is 20.6 Å². The van der Waals surface area contributed by atoms with Crippen molar-refractivity contribution in [1.82, 2.24) is 5.32 Å². The van der Waals surface area contributed by atoms with Gasteiger partial charge in [-0.15, -0.1) is 0 Å². The lowest BCUT2D eigenvalue weighted by molar-refractivity contribution is -0.147.